The van der Waals surface area contributed by atoms with E-state index < -0.39 is 0 Å². The second-order valence-corrected chi connectivity index (χ2v) is 4.04. The summed E-state index contributed by atoms with van der Waals surface area (Å²) in [5.74, 6) is 0. The van der Waals surface area contributed by atoms with Crippen LogP contribution in [0, 0.1) is 0 Å². The summed E-state index contributed by atoms with van der Waals surface area (Å²) in [5, 5.41) is 3.31. The third kappa shape index (κ3) is 3.60. The summed E-state index contributed by atoms with van der Waals surface area (Å²) >= 11 is 1.75. The maximum atomic E-state index is 5.15. The van der Waals surface area contributed by atoms with E-state index in [2.05, 4.69) is 35.8 Å². The Morgan fingerprint density at radius 2 is 2.00 bits per heavy atom. The van der Waals surface area contributed by atoms with E-state index in [0.29, 0.717) is 0 Å². The molecule has 0 aromatic heterocycles. The number of benzene rings is 1. The minimum absolute atomic E-state index is 0.246. The van der Waals surface area contributed by atoms with Gasteiger partial charge in [-0.1, -0.05) is 0 Å². The summed E-state index contributed by atoms with van der Waals surface area (Å²) in [7, 11) is 1.73. The van der Waals surface area contributed by atoms with Gasteiger partial charge in [0.2, 0.25) is 0 Å². The maximum Gasteiger partial charge on any atom is 0.0715 e. The molecule has 0 aliphatic carbocycles. The van der Waals surface area contributed by atoms with Crippen LogP contribution in [-0.2, 0) is 4.74 Å². The molecule has 0 aliphatic rings. The predicted molar refractivity (Wildman–Crippen MR) is 63.2 cm³/mol. The Morgan fingerprint density at radius 1 is 1.36 bits per heavy atom. The highest BCUT2D eigenvalue weighted by Crippen LogP contribution is 2.17. The summed E-state index contributed by atoms with van der Waals surface area (Å²) in [6.45, 7) is 2.89. The normalized spacial score (nSPS) is 12.5. The first-order valence-electron chi connectivity index (χ1n) is 4.67. The maximum absolute atomic E-state index is 5.15. The minimum atomic E-state index is 0.246. The highest BCUT2D eigenvalue weighted by molar-refractivity contribution is 7.98. The van der Waals surface area contributed by atoms with Crippen molar-refractivity contribution in [2.45, 2.75) is 17.9 Å². The van der Waals surface area contributed by atoms with E-state index in [1.54, 1.807) is 18.9 Å². The molecular weight excluding hydrogens is 194 g/mol. The molecule has 0 radical (unpaired) electrons. The molecule has 2 nitrogen and oxygen atoms in total. The SMILES string of the molecule is COC(C)CNc1ccc(SC)cc1. The molecule has 0 aliphatic heterocycles. The van der Waals surface area contributed by atoms with E-state index in [9.17, 15) is 0 Å². The third-order valence-corrected chi connectivity index (χ3v) is 2.83. The van der Waals surface area contributed by atoms with Gasteiger partial charge < -0.3 is 10.1 Å². The molecule has 14 heavy (non-hydrogen) atoms. The van der Waals surface area contributed by atoms with Crippen LogP contribution in [0.3, 0.4) is 0 Å². The molecule has 0 amide bonds. The van der Waals surface area contributed by atoms with Gasteiger partial charge in [0, 0.05) is 24.2 Å². The first-order chi connectivity index (χ1) is 6.76. The van der Waals surface area contributed by atoms with Gasteiger partial charge in [-0.25, -0.2) is 0 Å². The van der Waals surface area contributed by atoms with Crippen molar-refractivity contribution >= 4 is 17.4 Å². The molecule has 0 bridgehead atoms. The van der Waals surface area contributed by atoms with Gasteiger partial charge in [0.25, 0.3) is 0 Å². The van der Waals surface area contributed by atoms with Crippen molar-refractivity contribution in [1.82, 2.24) is 0 Å². The van der Waals surface area contributed by atoms with Gasteiger partial charge in [-0.15, -0.1) is 11.8 Å². The zero-order valence-corrected chi connectivity index (χ0v) is 9.73. The standard InChI is InChI=1S/C11H17NOS/c1-9(13-2)8-12-10-4-6-11(14-3)7-5-10/h4-7,9,12H,8H2,1-3H3. The second-order valence-electron chi connectivity index (χ2n) is 3.16. The number of ether oxygens (including phenoxy) is 1. The lowest BCUT2D eigenvalue weighted by molar-refractivity contribution is 0.129. The Hall–Kier alpha value is -0.670. The van der Waals surface area contributed by atoms with Crippen molar-refractivity contribution in [3.05, 3.63) is 24.3 Å². The number of rotatable bonds is 5. The fourth-order valence-corrected chi connectivity index (χ4v) is 1.46. The van der Waals surface area contributed by atoms with E-state index in [1.165, 1.54) is 4.90 Å². The van der Waals surface area contributed by atoms with Crippen molar-refractivity contribution in [3.63, 3.8) is 0 Å². The number of anilines is 1. The van der Waals surface area contributed by atoms with Crippen molar-refractivity contribution in [1.29, 1.82) is 0 Å². The van der Waals surface area contributed by atoms with Crippen molar-refractivity contribution in [2.24, 2.45) is 0 Å². The van der Waals surface area contributed by atoms with Crippen LogP contribution in [-0.4, -0.2) is 26.0 Å². The Balaban J connectivity index is 2.43. The first-order valence-corrected chi connectivity index (χ1v) is 5.89. The van der Waals surface area contributed by atoms with Crippen LogP contribution >= 0.6 is 11.8 Å². The van der Waals surface area contributed by atoms with Gasteiger partial charge in [-0.3, -0.25) is 0 Å². The van der Waals surface area contributed by atoms with Crippen molar-refractivity contribution < 1.29 is 4.74 Å². The second kappa shape index (κ2) is 5.94. The van der Waals surface area contributed by atoms with E-state index in [0.717, 1.165) is 12.2 Å². The molecule has 1 rings (SSSR count). The van der Waals surface area contributed by atoms with E-state index >= 15 is 0 Å². The molecule has 1 atom stereocenters. The molecule has 0 spiro atoms. The number of nitrogens with one attached hydrogen (secondary N) is 1. The smallest absolute Gasteiger partial charge is 0.0715 e. The third-order valence-electron chi connectivity index (χ3n) is 2.09. The van der Waals surface area contributed by atoms with Crippen LogP contribution < -0.4 is 5.32 Å². The molecule has 1 aromatic rings. The molecule has 78 valence electrons. The van der Waals surface area contributed by atoms with E-state index in [4.69, 9.17) is 4.74 Å². The molecule has 0 heterocycles. The van der Waals surface area contributed by atoms with Crippen molar-refractivity contribution in [3.8, 4) is 0 Å². The van der Waals surface area contributed by atoms with E-state index in [-0.39, 0.29) is 6.10 Å². The van der Waals surface area contributed by atoms with Crippen LogP contribution in [0.4, 0.5) is 5.69 Å². The number of hydrogen-bond acceptors (Lipinski definition) is 3. The average molecular weight is 211 g/mol. The Labute approximate surface area is 90.0 Å². The fraction of sp³-hybridized carbons (Fsp3) is 0.455. The van der Waals surface area contributed by atoms with Gasteiger partial charge in [-0.2, -0.15) is 0 Å². The molecule has 1 aromatic carbocycles. The molecule has 0 saturated heterocycles. The first kappa shape index (κ1) is 11.4. The molecule has 0 fully saturated rings. The molecule has 1 unspecified atom stereocenters. The molecule has 0 saturated carbocycles. The summed E-state index contributed by atoms with van der Waals surface area (Å²) in [6, 6.07) is 8.41. The Morgan fingerprint density at radius 3 is 2.50 bits per heavy atom. The van der Waals surface area contributed by atoms with Crippen LogP contribution in [0.15, 0.2) is 29.2 Å². The number of hydrogen-bond donors (Lipinski definition) is 1. The Bertz CT molecular complexity index is 260. The minimum Gasteiger partial charge on any atom is -0.382 e. The van der Waals surface area contributed by atoms with Gasteiger partial charge in [0.05, 0.1) is 6.10 Å². The van der Waals surface area contributed by atoms with Crippen molar-refractivity contribution in [2.75, 3.05) is 25.2 Å². The van der Waals surface area contributed by atoms with Crippen LogP contribution in [0.25, 0.3) is 0 Å². The fourth-order valence-electron chi connectivity index (χ4n) is 1.05. The summed E-state index contributed by atoms with van der Waals surface area (Å²) < 4.78 is 5.15. The van der Waals surface area contributed by atoms with Crippen LogP contribution in [0.1, 0.15) is 6.92 Å². The number of thioether (sulfide) groups is 1. The molecule has 3 heteroatoms. The van der Waals surface area contributed by atoms with Gasteiger partial charge in [0.15, 0.2) is 0 Å². The summed E-state index contributed by atoms with van der Waals surface area (Å²) in [4.78, 5) is 1.29. The molecular formula is C11H17NOS. The Kier molecular flexibility index (Phi) is 4.84. The highest BCUT2D eigenvalue weighted by Gasteiger charge is 1.98. The van der Waals surface area contributed by atoms with Gasteiger partial charge in [0.1, 0.15) is 0 Å². The average Bonchev–Trinajstić information content (AvgIpc) is 2.26. The summed E-state index contributed by atoms with van der Waals surface area (Å²) in [6.07, 6.45) is 2.32. The van der Waals surface area contributed by atoms with Crippen LogP contribution in [0.2, 0.25) is 0 Å². The zero-order valence-electron chi connectivity index (χ0n) is 8.91. The summed E-state index contributed by atoms with van der Waals surface area (Å²) in [5.41, 5.74) is 1.15. The quantitative estimate of drug-likeness (QED) is 0.757. The highest BCUT2D eigenvalue weighted by atomic mass is 32.2. The monoisotopic (exact) mass is 211 g/mol. The lowest BCUT2D eigenvalue weighted by Gasteiger charge is -2.11. The van der Waals surface area contributed by atoms with E-state index in [1.807, 2.05) is 6.92 Å². The lowest BCUT2D eigenvalue weighted by atomic mass is 10.3. The largest absolute Gasteiger partial charge is 0.382 e. The molecule has 1 N–H and O–H groups in total. The van der Waals surface area contributed by atoms with Gasteiger partial charge in [-0.05, 0) is 37.4 Å². The zero-order chi connectivity index (χ0) is 10.4. The predicted octanol–water partition coefficient (Wildman–Crippen LogP) is 2.86. The number of methoxy groups -OCH3 is 1. The van der Waals surface area contributed by atoms with Gasteiger partial charge >= 0.3 is 0 Å². The lowest BCUT2D eigenvalue weighted by Crippen LogP contribution is -2.17. The topological polar surface area (TPSA) is 21.3 Å². The van der Waals surface area contributed by atoms with Crippen LogP contribution in [0.5, 0.6) is 0 Å².